The minimum Gasteiger partial charge on any atom is -0.343 e. The number of aromatic nitrogens is 2. The highest BCUT2D eigenvalue weighted by atomic mass is 19.1. The van der Waals surface area contributed by atoms with Gasteiger partial charge in [0.25, 0.3) is 5.91 Å². The van der Waals surface area contributed by atoms with Crippen molar-refractivity contribution in [2.24, 2.45) is 0 Å². The summed E-state index contributed by atoms with van der Waals surface area (Å²) in [5.74, 6) is -0.937. The molecule has 0 unspecified atom stereocenters. The average Bonchev–Trinajstić information content (AvgIpc) is 2.81. The van der Waals surface area contributed by atoms with Crippen molar-refractivity contribution >= 4 is 17.6 Å². The first-order chi connectivity index (χ1) is 9.56. The molecule has 0 aliphatic carbocycles. The number of hydrogen-bond acceptors (Lipinski definition) is 3. The van der Waals surface area contributed by atoms with Gasteiger partial charge in [0.1, 0.15) is 11.6 Å². The van der Waals surface area contributed by atoms with E-state index in [0.29, 0.717) is 5.82 Å². The fraction of sp³-hybridized carbons (Fsp3) is 0.154. The van der Waals surface area contributed by atoms with E-state index in [9.17, 15) is 14.0 Å². The number of halogens is 1. The summed E-state index contributed by atoms with van der Waals surface area (Å²) < 4.78 is 13.0. The van der Waals surface area contributed by atoms with Crippen molar-refractivity contribution in [2.45, 2.75) is 6.92 Å². The summed E-state index contributed by atoms with van der Waals surface area (Å²) in [6, 6.07) is 5.24. The number of aromatic amines is 1. The Kier molecular flexibility index (Phi) is 4.09. The Morgan fingerprint density at radius 2 is 2.20 bits per heavy atom. The lowest BCUT2D eigenvalue weighted by Gasteiger charge is -2.06. The Labute approximate surface area is 114 Å². The number of carbonyl (C=O) groups excluding carboxylic acids is 2. The van der Waals surface area contributed by atoms with Crippen LogP contribution in [0, 0.1) is 12.7 Å². The summed E-state index contributed by atoms with van der Waals surface area (Å²) in [7, 11) is 0. The quantitative estimate of drug-likeness (QED) is 0.784. The molecule has 0 bridgehead atoms. The molecule has 2 aromatic rings. The first-order valence-electron chi connectivity index (χ1n) is 5.90. The first-order valence-corrected chi connectivity index (χ1v) is 5.90. The second-order valence-electron chi connectivity index (χ2n) is 4.17. The van der Waals surface area contributed by atoms with Crippen LogP contribution in [0.2, 0.25) is 0 Å². The van der Waals surface area contributed by atoms with Crippen molar-refractivity contribution in [1.29, 1.82) is 0 Å². The van der Waals surface area contributed by atoms with Gasteiger partial charge in [-0.3, -0.25) is 14.7 Å². The summed E-state index contributed by atoms with van der Waals surface area (Å²) in [4.78, 5) is 23.3. The lowest BCUT2D eigenvalue weighted by molar-refractivity contribution is -0.115. The molecule has 1 aromatic carbocycles. The van der Waals surface area contributed by atoms with Crippen LogP contribution in [-0.4, -0.2) is 28.6 Å². The molecule has 0 saturated carbocycles. The van der Waals surface area contributed by atoms with Gasteiger partial charge in [-0.05, 0) is 25.1 Å². The fourth-order valence-corrected chi connectivity index (χ4v) is 1.55. The lowest BCUT2D eigenvalue weighted by Crippen LogP contribution is -2.33. The van der Waals surface area contributed by atoms with Gasteiger partial charge >= 0.3 is 0 Å². The summed E-state index contributed by atoms with van der Waals surface area (Å²) >= 11 is 0. The zero-order valence-electron chi connectivity index (χ0n) is 10.7. The molecule has 0 saturated heterocycles. The standard InChI is InChI=1S/C13H13FN4O2/c1-8-6-16-18-12(8)17-11(19)7-15-13(20)9-3-2-4-10(14)5-9/h2-6H,7H2,1H3,(H,15,20)(H2,16,17,18,19). The Bertz CT molecular complexity index is 639. The molecule has 7 heteroatoms. The molecule has 0 aliphatic rings. The van der Waals surface area contributed by atoms with Crippen molar-refractivity contribution in [2.75, 3.05) is 11.9 Å². The van der Waals surface area contributed by atoms with E-state index in [1.807, 2.05) is 0 Å². The molecular formula is C13H13FN4O2. The molecule has 20 heavy (non-hydrogen) atoms. The van der Waals surface area contributed by atoms with Crippen LogP contribution in [0.3, 0.4) is 0 Å². The van der Waals surface area contributed by atoms with Crippen LogP contribution in [0.25, 0.3) is 0 Å². The average molecular weight is 276 g/mol. The number of anilines is 1. The van der Waals surface area contributed by atoms with Gasteiger partial charge in [-0.25, -0.2) is 4.39 Å². The third-order valence-corrected chi connectivity index (χ3v) is 2.59. The second kappa shape index (κ2) is 5.96. The van der Waals surface area contributed by atoms with Crippen molar-refractivity contribution in [1.82, 2.24) is 15.5 Å². The summed E-state index contributed by atoms with van der Waals surface area (Å²) in [5.41, 5.74) is 0.949. The van der Waals surface area contributed by atoms with Gasteiger partial charge in [0.2, 0.25) is 5.91 Å². The van der Waals surface area contributed by atoms with Crippen molar-refractivity contribution in [3.8, 4) is 0 Å². The Morgan fingerprint density at radius 3 is 2.85 bits per heavy atom. The predicted octanol–water partition coefficient (Wildman–Crippen LogP) is 1.23. The van der Waals surface area contributed by atoms with E-state index in [0.717, 1.165) is 11.6 Å². The number of H-pyrrole nitrogens is 1. The zero-order chi connectivity index (χ0) is 14.5. The molecule has 0 radical (unpaired) electrons. The highest BCUT2D eigenvalue weighted by Crippen LogP contribution is 2.07. The number of aryl methyl sites for hydroxylation is 1. The molecule has 0 aliphatic heterocycles. The molecule has 1 aromatic heterocycles. The number of nitrogens with zero attached hydrogens (tertiary/aromatic N) is 1. The SMILES string of the molecule is Cc1cn[nH]c1NC(=O)CNC(=O)c1cccc(F)c1. The second-order valence-corrected chi connectivity index (χ2v) is 4.17. The van der Waals surface area contributed by atoms with E-state index >= 15 is 0 Å². The van der Waals surface area contributed by atoms with E-state index in [1.165, 1.54) is 18.2 Å². The van der Waals surface area contributed by atoms with Gasteiger partial charge in [-0.2, -0.15) is 5.10 Å². The number of hydrogen-bond donors (Lipinski definition) is 3. The van der Waals surface area contributed by atoms with Gasteiger partial charge in [-0.1, -0.05) is 6.07 Å². The van der Waals surface area contributed by atoms with E-state index in [1.54, 1.807) is 13.1 Å². The maximum atomic E-state index is 13.0. The first kappa shape index (κ1) is 13.7. The lowest BCUT2D eigenvalue weighted by atomic mass is 10.2. The molecule has 6 nitrogen and oxygen atoms in total. The van der Waals surface area contributed by atoms with Crippen LogP contribution in [0.4, 0.5) is 10.2 Å². The summed E-state index contributed by atoms with van der Waals surface area (Å²) in [6.07, 6.45) is 1.57. The molecule has 0 fully saturated rings. The molecule has 0 atom stereocenters. The van der Waals surface area contributed by atoms with Gasteiger partial charge in [-0.15, -0.1) is 0 Å². The monoisotopic (exact) mass is 276 g/mol. The molecule has 3 N–H and O–H groups in total. The highest BCUT2D eigenvalue weighted by Gasteiger charge is 2.10. The predicted molar refractivity (Wildman–Crippen MR) is 70.7 cm³/mol. The Hall–Kier alpha value is -2.70. The molecule has 2 rings (SSSR count). The van der Waals surface area contributed by atoms with Crippen LogP contribution < -0.4 is 10.6 Å². The minimum atomic E-state index is -0.513. The van der Waals surface area contributed by atoms with E-state index < -0.39 is 17.6 Å². The van der Waals surface area contributed by atoms with Gasteiger partial charge in [0.05, 0.1) is 12.7 Å². The normalized spacial score (nSPS) is 10.1. The zero-order valence-corrected chi connectivity index (χ0v) is 10.7. The van der Waals surface area contributed by atoms with Gasteiger partial charge < -0.3 is 10.6 Å². The Morgan fingerprint density at radius 1 is 1.40 bits per heavy atom. The molecular weight excluding hydrogens is 263 g/mol. The van der Waals surface area contributed by atoms with Crippen molar-refractivity contribution < 1.29 is 14.0 Å². The number of amides is 2. The Balaban J connectivity index is 1.87. The number of benzene rings is 1. The van der Waals surface area contributed by atoms with Crippen molar-refractivity contribution in [3.05, 3.63) is 47.4 Å². The third-order valence-electron chi connectivity index (χ3n) is 2.59. The molecule has 0 spiro atoms. The van der Waals surface area contributed by atoms with Crippen LogP contribution >= 0.6 is 0 Å². The fourth-order valence-electron chi connectivity index (χ4n) is 1.55. The number of carbonyl (C=O) groups is 2. The van der Waals surface area contributed by atoms with Crippen LogP contribution in [-0.2, 0) is 4.79 Å². The van der Waals surface area contributed by atoms with Crippen LogP contribution in [0.15, 0.2) is 30.5 Å². The maximum Gasteiger partial charge on any atom is 0.251 e. The van der Waals surface area contributed by atoms with Crippen LogP contribution in [0.1, 0.15) is 15.9 Å². The number of rotatable bonds is 4. The topological polar surface area (TPSA) is 86.9 Å². The largest absolute Gasteiger partial charge is 0.343 e. The van der Waals surface area contributed by atoms with E-state index in [-0.39, 0.29) is 12.1 Å². The van der Waals surface area contributed by atoms with Crippen molar-refractivity contribution in [3.63, 3.8) is 0 Å². The van der Waals surface area contributed by atoms with Crippen LogP contribution in [0.5, 0.6) is 0 Å². The number of nitrogens with one attached hydrogen (secondary N) is 3. The summed E-state index contributed by atoms with van der Waals surface area (Å²) in [5, 5.41) is 11.3. The minimum absolute atomic E-state index is 0.163. The van der Waals surface area contributed by atoms with Gasteiger partial charge in [0.15, 0.2) is 0 Å². The van der Waals surface area contributed by atoms with E-state index in [2.05, 4.69) is 20.8 Å². The van der Waals surface area contributed by atoms with E-state index in [4.69, 9.17) is 0 Å². The molecule has 104 valence electrons. The summed E-state index contributed by atoms with van der Waals surface area (Å²) in [6.45, 7) is 1.57. The maximum absolute atomic E-state index is 13.0. The molecule has 1 heterocycles. The smallest absolute Gasteiger partial charge is 0.251 e. The van der Waals surface area contributed by atoms with Gasteiger partial charge in [0, 0.05) is 11.1 Å². The highest BCUT2D eigenvalue weighted by molar-refractivity contribution is 5.99. The third kappa shape index (κ3) is 3.41. The molecule has 2 amide bonds.